The number of pyridine rings is 1. The van der Waals surface area contributed by atoms with Crippen molar-refractivity contribution in [2.75, 3.05) is 13.2 Å². The van der Waals surface area contributed by atoms with E-state index in [0.717, 1.165) is 24.9 Å². The second-order valence-corrected chi connectivity index (χ2v) is 6.75. The van der Waals surface area contributed by atoms with Gasteiger partial charge in [0.25, 0.3) is 0 Å². The number of ether oxygens (including phenoxy) is 2. The molecule has 0 atom stereocenters. The van der Waals surface area contributed by atoms with Gasteiger partial charge >= 0.3 is 0 Å². The van der Waals surface area contributed by atoms with Crippen LogP contribution in [0.1, 0.15) is 18.4 Å². The molecule has 4 rings (SSSR count). The van der Waals surface area contributed by atoms with Crippen LogP contribution in [0.25, 0.3) is 11.1 Å². The molecule has 0 radical (unpaired) electrons. The van der Waals surface area contributed by atoms with Crippen LogP contribution in [0.15, 0.2) is 79.1 Å². The fourth-order valence-electron chi connectivity index (χ4n) is 3.54. The van der Waals surface area contributed by atoms with Crippen molar-refractivity contribution in [3.8, 4) is 11.1 Å². The molecule has 1 aromatic heterocycles. The van der Waals surface area contributed by atoms with Gasteiger partial charge in [0.15, 0.2) is 18.2 Å². The van der Waals surface area contributed by atoms with Crippen molar-refractivity contribution < 1.29 is 18.4 Å². The zero-order valence-electron chi connectivity index (χ0n) is 15.2. The van der Waals surface area contributed by atoms with Crippen molar-refractivity contribution in [3.63, 3.8) is 0 Å². The molecule has 3 aromatic rings. The lowest BCUT2D eigenvalue weighted by Crippen LogP contribution is -2.35. The zero-order valence-corrected chi connectivity index (χ0v) is 15.2. The van der Waals surface area contributed by atoms with Crippen molar-refractivity contribution in [1.29, 1.82) is 0 Å². The van der Waals surface area contributed by atoms with Crippen molar-refractivity contribution in [2.24, 2.45) is 0 Å². The maximum Gasteiger partial charge on any atom is 0.195 e. The summed E-state index contributed by atoms with van der Waals surface area (Å²) in [6.45, 7) is 2.00. The Labute approximate surface area is 159 Å². The summed E-state index contributed by atoms with van der Waals surface area (Å²) in [6, 6.07) is 21.0. The molecular weight excluding hydrogens is 341 g/mol. The van der Waals surface area contributed by atoms with Gasteiger partial charge in [-0.3, -0.25) is 0 Å². The first-order valence-electron chi connectivity index (χ1n) is 9.34. The van der Waals surface area contributed by atoms with Crippen LogP contribution < -0.4 is 4.57 Å². The van der Waals surface area contributed by atoms with Crippen LogP contribution >= 0.6 is 0 Å². The molecule has 0 N–H and O–H groups in total. The lowest BCUT2D eigenvalue weighted by atomic mass is 10.0. The maximum absolute atomic E-state index is 13.2. The van der Waals surface area contributed by atoms with E-state index >= 15 is 0 Å². The Kier molecular flexibility index (Phi) is 5.28. The molecule has 2 aromatic carbocycles. The summed E-state index contributed by atoms with van der Waals surface area (Å²) in [5.74, 6) is -1.00. The topological polar surface area (TPSA) is 22.3 Å². The minimum Gasteiger partial charge on any atom is -0.343 e. The van der Waals surface area contributed by atoms with E-state index in [1.165, 1.54) is 23.3 Å². The normalized spacial score (nSPS) is 15.7. The predicted octanol–water partition coefficient (Wildman–Crippen LogP) is 4.46. The number of aromatic nitrogens is 1. The highest BCUT2D eigenvalue weighted by Crippen LogP contribution is 2.36. The molecule has 4 heteroatoms. The van der Waals surface area contributed by atoms with E-state index in [4.69, 9.17) is 9.47 Å². The predicted molar refractivity (Wildman–Crippen MR) is 101 cm³/mol. The van der Waals surface area contributed by atoms with Gasteiger partial charge in [0.1, 0.15) is 12.4 Å². The third-order valence-electron chi connectivity index (χ3n) is 4.96. The standard InChI is InChI=1S/C23H23FNO2/c24-22-9-7-21(8-10-22)23(26-17-18-27-23)13-4-14-25-15-11-20(12-16-25)19-5-2-1-3-6-19/h1-3,5-12,15-16H,4,13-14,17-18H2/q+1. The molecule has 0 spiro atoms. The summed E-state index contributed by atoms with van der Waals surface area (Å²) in [5, 5.41) is 0. The highest BCUT2D eigenvalue weighted by molar-refractivity contribution is 5.61. The third kappa shape index (κ3) is 4.07. The number of hydrogen-bond acceptors (Lipinski definition) is 2. The molecular formula is C23H23FNO2+. The van der Waals surface area contributed by atoms with Crippen molar-refractivity contribution >= 4 is 0 Å². The maximum atomic E-state index is 13.2. The first-order chi connectivity index (χ1) is 13.3. The average molecular weight is 364 g/mol. The Balaban J connectivity index is 1.40. The summed E-state index contributed by atoms with van der Waals surface area (Å²) < 4.78 is 27.3. The quantitative estimate of drug-likeness (QED) is 0.603. The van der Waals surface area contributed by atoms with Gasteiger partial charge < -0.3 is 9.47 Å². The molecule has 0 saturated carbocycles. The van der Waals surface area contributed by atoms with E-state index in [-0.39, 0.29) is 5.82 Å². The fourth-order valence-corrected chi connectivity index (χ4v) is 3.54. The SMILES string of the molecule is Fc1ccc(C2(CCC[n+]3ccc(-c4ccccc4)cc3)OCCO2)cc1. The minimum absolute atomic E-state index is 0.249. The van der Waals surface area contributed by atoms with Gasteiger partial charge in [0, 0.05) is 30.5 Å². The monoisotopic (exact) mass is 364 g/mol. The smallest absolute Gasteiger partial charge is 0.195 e. The fraction of sp³-hybridized carbons (Fsp3) is 0.261. The Morgan fingerprint density at radius 2 is 1.44 bits per heavy atom. The molecule has 0 aliphatic carbocycles. The zero-order chi connectivity index (χ0) is 18.5. The number of halogens is 1. The Hall–Kier alpha value is -2.56. The van der Waals surface area contributed by atoms with E-state index in [1.54, 1.807) is 12.1 Å². The van der Waals surface area contributed by atoms with E-state index in [0.29, 0.717) is 13.2 Å². The minimum atomic E-state index is -0.752. The van der Waals surface area contributed by atoms with Gasteiger partial charge in [-0.2, -0.15) is 0 Å². The summed E-state index contributed by atoms with van der Waals surface area (Å²) >= 11 is 0. The van der Waals surface area contributed by atoms with Crippen molar-refractivity contribution in [2.45, 2.75) is 25.2 Å². The molecule has 1 aliphatic heterocycles. The van der Waals surface area contributed by atoms with Gasteiger partial charge in [-0.25, -0.2) is 8.96 Å². The number of aryl methyl sites for hydroxylation is 1. The van der Waals surface area contributed by atoms with Gasteiger partial charge in [-0.15, -0.1) is 0 Å². The first kappa shape index (κ1) is 17.8. The summed E-state index contributed by atoms with van der Waals surface area (Å²) in [6.07, 6.45) is 5.82. The van der Waals surface area contributed by atoms with Crippen LogP contribution in [-0.2, 0) is 21.8 Å². The second-order valence-electron chi connectivity index (χ2n) is 6.75. The van der Waals surface area contributed by atoms with Gasteiger partial charge in [0.05, 0.1) is 13.2 Å². The lowest BCUT2D eigenvalue weighted by Gasteiger charge is -2.27. The van der Waals surface area contributed by atoms with Crippen LogP contribution in [-0.4, -0.2) is 13.2 Å². The number of nitrogens with zero attached hydrogens (tertiary/aromatic N) is 1. The highest BCUT2D eigenvalue weighted by Gasteiger charge is 2.38. The molecule has 1 fully saturated rings. The molecule has 1 saturated heterocycles. The van der Waals surface area contributed by atoms with E-state index in [2.05, 4.69) is 41.2 Å². The molecule has 0 amide bonds. The Bertz CT molecular complexity index is 857. The van der Waals surface area contributed by atoms with Gasteiger partial charge in [-0.05, 0) is 23.3 Å². The van der Waals surface area contributed by atoms with Crippen LogP contribution in [0.4, 0.5) is 4.39 Å². The van der Waals surface area contributed by atoms with Crippen molar-refractivity contribution in [1.82, 2.24) is 0 Å². The van der Waals surface area contributed by atoms with E-state index in [9.17, 15) is 4.39 Å². The summed E-state index contributed by atoms with van der Waals surface area (Å²) in [4.78, 5) is 0. The third-order valence-corrected chi connectivity index (χ3v) is 4.96. The van der Waals surface area contributed by atoms with Crippen LogP contribution in [0.5, 0.6) is 0 Å². The molecule has 138 valence electrons. The average Bonchev–Trinajstić information content (AvgIpc) is 3.20. The Morgan fingerprint density at radius 1 is 0.815 bits per heavy atom. The van der Waals surface area contributed by atoms with Crippen LogP contribution in [0.3, 0.4) is 0 Å². The molecule has 2 heterocycles. The largest absolute Gasteiger partial charge is 0.343 e. The summed E-state index contributed by atoms with van der Waals surface area (Å²) in [5.41, 5.74) is 3.30. The Morgan fingerprint density at radius 3 is 2.11 bits per heavy atom. The molecule has 1 aliphatic rings. The number of hydrogen-bond donors (Lipinski definition) is 0. The number of rotatable bonds is 6. The van der Waals surface area contributed by atoms with Crippen LogP contribution in [0.2, 0.25) is 0 Å². The number of benzene rings is 2. The van der Waals surface area contributed by atoms with Crippen LogP contribution in [0, 0.1) is 5.82 Å². The van der Waals surface area contributed by atoms with Crippen molar-refractivity contribution in [3.05, 3.63) is 90.5 Å². The first-order valence-corrected chi connectivity index (χ1v) is 9.34. The highest BCUT2D eigenvalue weighted by atomic mass is 19.1. The molecule has 0 unspecified atom stereocenters. The van der Waals surface area contributed by atoms with E-state index < -0.39 is 5.79 Å². The molecule has 3 nitrogen and oxygen atoms in total. The second kappa shape index (κ2) is 7.99. The molecule has 0 bridgehead atoms. The van der Waals surface area contributed by atoms with E-state index in [1.807, 2.05) is 18.2 Å². The summed E-state index contributed by atoms with van der Waals surface area (Å²) in [7, 11) is 0. The van der Waals surface area contributed by atoms with Gasteiger partial charge in [0.2, 0.25) is 0 Å². The molecule has 27 heavy (non-hydrogen) atoms. The lowest BCUT2D eigenvalue weighted by molar-refractivity contribution is -0.697. The van der Waals surface area contributed by atoms with Gasteiger partial charge in [-0.1, -0.05) is 42.5 Å².